The van der Waals surface area contributed by atoms with Crippen LogP contribution in [0.15, 0.2) is 65.1 Å². The van der Waals surface area contributed by atoms with Crippen LogP contribution in [-0.2, 0) is 11.3 Å². The Kier molecular flexibility index (Phi) is 4.97. The van der Waals surface area contributed by atoms with Gasteiger partial charge in [-0.15, -0.1) is 0 Å². The molecule has 4 rings (SSSR count). The Bertz CT molecular complexity index is 934. The van der Waals surface area contributed by atoms with E-state index in [0.717, 1.165) is 24.1 Å². The molecule has 3 aromatic rings. The minimum Gasteiger partial charge on any atom is -0.457 e. The number of fused-ring (bicyclic) bond motifs is 1. The molecule has 0 aliphatic carbocycles. The summed E-state index contributed by atoms with van der Waals surface area (Å²) in [7, 11) is 1.84. The molecule has 4 heteroatoms. The lowest BCUT2D eigenvalue weighted by Gasteiger charge is -2.24. The molecule has 138 valence electrons. The number of anilines is 1. The quantitative estimate of drug-likeness (QED) is 0.619. The lowest BCUT2D eigenvalue weighted by atomic mass is 10.1. The summed E-state index contributed by atoms with van der Waals surface area (Å²) < 4.78 is 5.74. The van der Waals surface area contributed by atoms with Crippen LogP contribution in [-0.4, -0.2) is 30.9 Å². The molecule has 0 bridgehead atoms. The van der Waals surface area contributed by atoms with Crippen LogP contribution in [0.2, 0.25) is 0 Å². The molecule has 0 spiro atoms. The van der Waals surface area contributed by atoms with Crippen molar-refractivity contribution in [2.45, 2.75) is 19.4 Å². The lowest BCUT2D eigenvalue weighted by molar-refractivity contribution is -0.125. The second-order valence-electron chi connectivity index (χ2n) is 7.04. The molecule has 1 aliphatic rings. The fourth-order valence-corrected chi connectivity index (χ4v) is 3.61. The fraction of sp³-hybridized carbons (Fsp3) is 0.261. The first kappa shape index (κ1) is 17.4. The third-order valence-electron chi connectivity index (χ3n) is 5.06. The van der Waals surface area contributed by atoms with E-state index in [1.807, 2.05) is 43.4 Å². The van der Waals surface area contributed by atoms with Crippen molar-refractivity contribution in [1.82, 2.24) is 4.90 Å². The number of carbonyl (C=O) groups excluding carboxylic acids is 1. The van der Waals surface area contributed by atoms with Crippen molar-refractivity contribution in [3.8, 4) is 0 Å². The van der Waals surface area contributed by atoms with E-state index in [4.69, 9.17) is 4.42 Å². The molecule has 2 heterocycles. The zero-order valence-electron chi connectivity index (χ0n) is 15.6. The van der Waals surface area contributed by atoms with Gasteiger partial charge in [-0.05, 0) is 42.7 Å². The van der Waals surface area contributed by atoms with Crippen molar-refractivity contribution in [1.29, 1.82) is 0 Å². The fourth-order valence-electron chi connectivity index (χ4n) is 3.61. The molecular formula is C23H24N2O2. The van der Waals surface area contributed by atoms with Crippen molar-refractivity contribution in [3.05, 3.63) is 72.0 Å². The van der Waals surface area contributed by atoms with Crippen LogP contribution in [0.4, 0.5) is 5.69 Å². The van der Waals surface area contributed by atoms with Gasteiger partial charge in [0, 0.05) is 43.8 Å². The second-order valence-corrected chi connectivity index (χ2v) is 7.04. The maximum Gasteiger partial charge on any atom is 0.246 e. The van der Waals surface area contributed by atoms with Crippen LogP contribution in [0.1, 0.15) is 24.2 Å². The predicted octanol–water partition coefficient (Wildman–Crippen LogP) is 4.70. The van der Waals surface area contributed by atoms with Crippen LogP contribution < -0.4 is 4.90 Å². The molecule has 0 unspecified atom stereocenters. The number of hydrogen-bond donors (Lipinski definition) is 0. The molecule has 1 aromatic heterocycles. The van der Waals surface area contributed by atoms with Crippen molar-refractivity contribution >= 4 is 28.6 Å². The van der Waals surface area contributed by atoms with Gasteiger partial charge in [-0.1, -0.05) is 36.4 Å². The van der Waals surface area contributed by atoms with E-state index in [2.05, 4.69) is 23.1 Å². The van der Waals surface area contributed by atoms with Gasteiger partial charge in [0.15, 0.2) is 0 Å². The first-order chi connectivity index (χ1) is 13.2. The smallest absolute Gasteiger partial charge is 0.246 e. The molecule has 1 fully saturated rings. The van der Waals surface area contributed by atoms with Crippen LogP contribution in [0.25, 0.3) is 17.0 Å². The van der Waals surface area contributed by atoms with E-state index in [9.17, 15) is 4.79 Å². The average molecular weight is 360 g/mol. The van der Waals surface area contributed by atoms with Gasteiger partial charge in [-0.25, -0.2) is 0 Å². The first-order valence-electron chi connectivity index (χ1n) is 9.45. The molecule has 27 heavy (non-hydrogen) atoms. The highest BCUT2D eigenvalue weighted by atomic mass is 16.3. The molecule has 0 N–H and O–H groups in total. The van der Waals surface area contributed by atoms with Crippen LogP contribution in [0.3, 0.4) is 0 Å². The molecule has 1 aliphatic heterocycles. The number of rotatable bonds is 5. The van der Waals surface area contributed by atoms with E-state index in [0.29, 0.717) is 12.3 Å². The van der Waals surface area contributed by atoms with Crippen LogP contribution >= 0.6 is 0 Å². The highest BCUT2D eigenvalue weighted by Crippen LogP contribution is 2.25. The van der Waals surface area contributed by atoms with Crippen molar-refractivity contribution in [3.63, 3.8) is 0 Å². The molecule has 1 amide bonds. The van der Waals surface area contributed by atoms with Gasteiger partial charge in [0.1, 0.15) is 11.3 Å². The van der Waals surface area contributed by atoms with E-state index >= 15 is 0 Å². The summed E-state index contributed by atoms with van der Waals surface area (Å²) >= 11 is 0. The first-order valence-corrected chi connectivity index (χ1v) is 9.45. The summed E-state index contributed by atoms with van der Waals surface area (Å²) in [5, 5.41) is 1.04. The third kappa shape index (κ3) is 3.90. The average Bonchev–Trinajstić information content (AvgIpc) is 3.36. The molecule has 2 aromatic carbocycles. The molecule has 0 saturated carbocycles. The zero-order chi connectivity index (χ0) is 18.6. The van der Waals surface area contributed by atoms with Gasteiger partial charge in [0.2, 0.25) is 5.91 Å². The molecular weight excluding hydrogens is 336 g/mol. The summed E-state index contributed by atoms with van der Waals surface area (Å²) in [6, 6.07) is 18.2. The number of likely N-dealkylation sites (N-methyl/N-ethyl adjacent to an activating group) is 1. The molecule has 4 nitrogen and oxygen atoms in total. The monoisotopic (exact) mass is 360 g/mol. The van der Waals surface area contributed by atoms with E-state index in [1.54, 1.807) is 17.1 Å². The summed E-state index contributed by atoms with van der Waals surface area (Å²) in [6.45, 7) is 2.79. The second kappa shape index (κ2) is 7.70. The van der Waals surface area contributed by atoms with Gasteiger partial charge in [0.05, 0.1) is 0 Å². The lowest BCUT2D eigenvalue weighted by Crippen LogP contribution is -2.26. The van der Waals surface area contributed by atoms with Crippen molar-refractivity contribution in [2.24, 2.45) is 0 Å². The highest BCUT2D eigenvalue weighted by molar-refractivity contribution is 5.92. The molecule has 0 atom stereocenters. The summed E-state index contributed by atoms with van der Waals surface area (Å²) in [5.41, 5.74) is 3.26. The number of carbonyl (C=O) groups is 1. The third-order valence-corrected chi connectivity index (χ3v) is 5.06. The largest absolute Gasteiger partial charge is 0.457 e. The summed E-state index contributed by atoms with van der Waals surface area (Å²) in [5.74, 6) is 0.655. The Morgan fingerprint density at radius 2 is 1.85 bits per heavy atom. The topological polar surface area (TPSA) is 36.7 Å². The normalized spacial score (nSPS) is 14.3. The maximum absolute atomic E-state index is 12.6. The van der Waals surface area contributed by atoms with E-state index in [-0.39, 0.29) is 5.91 Å². The van der Waals surface area contributed by atoms with Crippen LogP contribution in [0, 0.1) is 0 Å². The number of benzene rings is 2. The van der Waals surface area contributed by atoms with E-state index in [1.165, 1.54) is 24.1 Å². The number of furan rings is 1. The Hall–Kier alpha value is -3.01. The number of nitrogens with zero attached hydrogens (tertiary/aromatic N) is 2. The molecule has 0 radical (unpaired) electrons. The Labute approximate surface area is 159 Å². The number of hydrogen-bond acceptors (Lipinski definition) is 3. The van der Waals surface area contributed by atoms with Gasteiger partial charge < -0.3 is 14.2 Å². The van der Waals surface area contributed by atoms with Crippen molar-refractivity contribution < 1.29 is 9.21 Å². The van der Waals surface area contributed by atoms with Crippen LogP contribution in [0.5, 0.6) is 0 Å². The number of para-hydroxylation sites is 2. The predicted molar refractivity (Wildman–Crippen MR) is 110 cm³/mol. The minimum absolute atomic E-state index is 0.0355. The summed E-state index contributed by atoms with van der Waals surface area (Å²) in [6.07, 6.45) is 5.80. The van der Waals surface area contributed by atoms with Gasteiger partial charge >= 0.3 is 0 Å². The molecule has 1 saturated heterocycles. The number of amides is 1. The van der Waals surface area contributed by atoms with Crippen molar-refractivity contribution in [2.75, 3.05) is 25.0 Å². The standard InChI is InChI=1S/C23H24N2O2/c1-24(17-19-9-2-4-10-21(19)25-14-6-7-15-25)23(26)13-12-20-16-18-8-3-5-11-22(18)27-20/h2-5,8-13,16H,6-7,14-15,17H2,1H3. The minimum atomic E-state index is -0.0355. The highest BCUT2D eigenvalue weighted by Gasteiger charge is 2.17. The zero-order valence-corrected chi connectivity index (χ0v) is 15.6. The Morgan fingerprint density at radius 3 is 2.67 bits per heavy atom. The van der Waals surface area contributed by atoms with E-state index < -0.39 is 0 Å². The Morgan fingerprint density at radius 1 is 1.11 bits per heavy atom. The summed E-state index contributed by atoms with van der Waals surface area (Å²) in [4.78, 5) is 16.7. The van der Waals surface area contributed by atoms with Gasteiger partial charge in [-0.3, -0.25) is 4.79 Å². The SMILES string of the molecule is CN(Cc1ccccc1N1CCCC1)C(=O)C=Cc1cc2ccccc2o1. The van der Waals surface area contributed by atoms with Gasteiger partial charge in [-0.2, -0.15) is 0 Å². The van der Waals surface area contributed by atoms with Gasteiger partial charge in [0.25, 0.3) is 0 Å². The Balaban J connectivity index is 1.45. The maximum atomic E-state index is 12.6.